The molecule has 1 saturated heterocycles. The highest BCUT2D eigenvalue weighted by molar-refractivity contribution is 5.78. The Morgan fingerprint density at radius 1 is 0.810 bits per heavy atom. The van der Waals surface area contributed by atoms with E-state index in [2.05, 4.69) is 0 Å². The van der Waals surface area contributed by atoms with E-state index in [0.717, 1.165) is 27.7 Å². The lowest BCUT2D eigenvalue weighted by molar-refractivity contribution is -0.288. The molecule has 3 unspecified atom stereocenters. The Hall–Kier alpha value is -4.91. The van der Waals surface area contributed by atoms with Gasteiger partial charge in [0.15, 0.2) is 29.1 Å². The van der Waals surface area contributed by atoms with Crippen LogP contribution in [0.2, 0.25) is 0 Å². The summed E-state index contributed by atoms with van der Waals surface area (Å²) in [7, 11) is 0. The van der Waals surface area contributed by atoms with E-state index >= 15 is 0 Å². The molecule has 1 N–H and O–H groups in total. The van der Waals surface area contributed by atoms with Crippen LogP contribution < -0.4 is 10.2 Å². The summed E-state index contributed by atoms with van der Waals surface area (Å²) in [5.41, 5.74) is 0.436. The smallest absolute Gasteiger partial charge is 0.303 e. The second-order valence-corrected chi connectivity index (χ2v) is 9.34. The van der Waals surface area contributed by atoms with E-state index in [1.807, 2.05) is 0 Å². The molecule has 42 heavy (non-hydrogen) atoms. The van der Waals surface area contributed by atoms with Crippen LogP contribution in [0.15, 0.2) is 57.7 Å². The molecule has 0 saturated carbocycles. The van der Waals surface area contributed by atoms with Crippen molar-refractivity contribution in [1.29, 1.82) is 0 Å². The van der Waals surface area contributed by atoms with Gasteiger partial charge in [-0.05, 0) is 30.3 Å². The van der Waals surface area contributed by atoms with Crippen LogP contribution in [0, 0.1) is 0 Å². The summed E-state index contributed by atoms with van der Waals surface area (Å²) in [6, 6.07) is 12.1. The summed E-state index contributed by atoms with van der Waals surface area (Å²) in [5.74, 6) is -3.42. The van der Waals surface area contributed by atoms with Crippen molar-refractivity contribution in [3.05, 3.63) is 58.8 Å². The zero-order valence-electron chi connectivity index (χ0n) is 23.1. The predicted molar refractivity (Wildman–Crippen MR) is 142 cm³/mol. The molecular formula is C29H28O13. The topological polar surface area (TPSA) is 174 Å². The molecule has 0 aliphatic carbocycles. The predicted octanol–water partition coefficient (Wildman–Crippen LogP) is 2.63. The Labute approximate surface area is 238 Å². The maximum atomic E-state index is 12.5. The van der Waals surface area contributed by atoms with Crippen LogP contribution in [0.5, 0.6) is 11.5 Å². The van der Waals surface area contributed by atoms with Crippen molar-refractivity contribution in [2.45, 2.75) is 58.4 Å². The van der Waals surface area contributed by atoms with Crippen molar-refractivity contribution >= 4 is 34.8 Å². The molecule has 0 spiro atoms. The molecule has 4 rings (SSSR count). The third kappa shape index (κ3) is 7.04. The molecular weight excluding hydrogens is 556 g/mol. The number of hydrogen-bond donors (Lipinski definition) is 1. The Morgan fingerprint density at radius 3 is 2.10 bits per heavy atom. The molecule has 0 amide bonds. The average molecular weight is 585 g/mol. The van der Waals surface area contributed by atoms with Crippen LogP contribution in [0.3, 0.4) is 0 Å². The molecule has 0 radical (unpaired) electrons. The number of phenolic OH excluding ortho intramolecular Hbond substituents is 1. The van der Waals surface area contributed by atoms with Gasteiger partial charge in [0.2, 0.25) is 12.4 Å². The number of carbonyl (C=O) groups is 4. The quantitative estimate of drug-likeness (QED) is 0.302. The van der Waals surface area contributed by atoms with Gasteiger partial charge in [0.1, 0.15) is 24.1 Å². The van der Waals surface area contributed by atoms with E-state index in [9.17, 15) is 29.1 Å². The van der Waals surface area contributed by atoms with Gasteiger partial charge in [0.05, 0.1) is 5.39 Å². The highest BCUT2D eigenvalue weighted by atomic mass is 16.7. The zero-order chi connectivity index (χ0) is 30.6. The van der Waals surface area contributed by atoms with E-state index in [1.54, 1.807) is 24.3 Å². The van der Waals surface area contributed by atoms with Crippen molar-refractivity contribution in [3.8, 4) is 22.8 Å². The summed E-state index contributed by atoms with van der Waals surface area (Å²) in [6.07, 6.45) is -7.06. The van der Waals surface area contributed by atoms with Gasteiger partial charge in [-0.15, -0.1) is 0 Å². The number of hydrogen-bond acceptors (Lipinski definition) is 13. The number of carbonyl (C=O) groups excluding carboxylic acids is 4. The van der Waals surface area contributed by atoms with Gasteiger partial charge in [-0.2, -0.15) is 0 Å². The molecule has 1 aliphatic rings. The van der Waals surface area contributed by atoms with Crippen molar-refractivity contribution in [1.82, 2.24) is 0 Å². The molecule has 13 nitrogen and oxygen atoms in total. The summed E-state index contributed by atoms with van der Waals surface area (Å²) >= 11 is 0. The fourth-order valence-electron chi connectivity index (χ4n) is 4.43. The lowest BCUT2D eigenvalue weighted by Crippen LogP contribution is -2.63. The van der Waals surface area contributed by atoms with Crippen LogP contribution in [-0.4, -0.2) is 66.3 Å². The molecule has 5 atom stereocenters. The largest absolute Gasteiger partial charge is 0.504 e. The zero-order valence-corrected chi connectivity index (χ0v) is 23.1. The summed E-state index contributed by atoms with van der Waals surface area (Å²) in [4.78, 5) is 60.0. The SMILES string of the molecule is CC(=O)OCC1O[C@@H](Oc2ccc(-c3cc(=O)c4ccccc4o3)cc2O)C(OC(C)=O)C(OC(C)=O)[C@H]1OC(C)=O. The highest BCUT2D eigenvalue weighted by Crippen LogP contribution is 2.36. The average Bonchev–Trinajstić information content (AvgIpc) is 2.91. The minimum atomic E-state index is -1.54. The number of esters is 4. The number of para-hydroxylation sites is 1. The minimum Gasteiger partial charge on any atom is -0.504 e. The maximum Gasteiger partial charge on any atom is 0.303 e. The molecule has 13 heteroatoms. The van der Waals surface area contributed by atoms with E-state index in [4.69, 9.17) is 32.8 Å². The van der Waals surface area contributed by atoms with Crippen LogP contribution in [-0.2, 0) is 42.9 Å². The maximum absolute atomic E-state index is 12.5. The Bertz CT molecular complexity index is 1560. The van der Waals surface area contributed by atoms with Gasteiger partial charge in [0.25, 0.3) is 0 Å². The number of rotatable bonds is 8. The Kier molecular flexibility index (Phi) is 9.11. The van der Waals surface area contributed by atoms with Gasteiger partial charge in [-0.3, -0.25) is 24.0 Å². The first-order valence-corrected chi connectivity index (χ1v) is 12.8. The van der Waals surface area contributed by atoms with E-state index in [-0.39, 0.29) is 16.9 Å². The fourth-order valence-corrected chi connectivity index (χ4v) is 4.43. The first-order valence-electron chi connectivity index (χ1n) is 12.8. The lowest BCUT2D eigenvalue weighted by Gasteiger charge is -2.43. The molecule has 1 aromatic heterocycles. The first-order chi connectivity index (χ1) is 19.9. The second-order valence-electron chi connectivity index (χ2n) is 9.34. The van der Waals surface area contributed by atoms with Crippen LogP contribution in [0.4, 0.5) is 0 Å². The normalized spacial score (nSPS) is 21.7. The standard InChI is InChI=1S/C29H28O13/c1-14(30)36-13-25-26(37-15(2)31)27(38-16(3)32)28(39-17(4)33)29(42-25)41-23-10-9-18(11-21(23)35)24-12-20(34)19-7-5-6-8-22(19)40-24/h5-12,25-29,35H,13H2,1-4H3/t25?,26-,27?,28?,29+/m0/s1. The van der Waals surface area contributed by atoms with Gasteiger partial charge >= 0.3 is 23.9 Å². The second kappa shape index (κ2) is 12.7. The number of ether oxygens (including phenoxy) is 6. The first kappa shape index (κ1) is 30.1. The summed E-state index contributed by atoms with van der Waals surface area (Å²) in [6.45, 7) is 4.01. The number of aromatic hydroxyl groups is 1. The molecule has 1 aliphatic heterocycles. The van der Waals surface area contributed by atoms with Crippen LogP contribution in [0.1, 0.15) is 27.7 Å². The number of benzene rings is 2. The molecule has 0 bridgehead atoms. The minimum absolute atomic E-state index is 0.150. The number of fused-ring (bicyclic) bond motifs is 1. The molecule has 1 fully saturated rings. The molecule has 2 heterocycles. The van der Waals surface area contributed by atoms with E-state index in [0.29, 0.717) is 16.5 Å². The highest BCUT2D eigenvalue weighted by Gasteiger charge is 2.53. The summed E-state index contributed by atoms with van der Waals surface area (Å²) < 4.78 is 38.7. The van der Waals surface area contributed by atoms with Gasteiger partial charge in [0, 0.05) is 39.3 Å². The summed E-state index contributed by atoms with van der Waals surface area (Å²) in [5, 5.41) is 11.2. The van der Waals surface area contributed by atoms with Crippen LogP contribution in [0.25, 0.3) is 22.3 Å². The van der Waals surface area contributed by atoms with Crippen LogP contribution >= 0.6 is 0 Å². The van der Waals surface area contributed by atoms with E-state index in [1.165, 1.54) is 24.3 Å². The Morgan fingerprint density at radius 2 is 1.45 bits per heavy atom. The van der Waals surface area contributed by atoms with Gasteiger partial charge < -0.3 is 37.9 Å². The molecule has 222 valence electrons. The van der Waals surface area contributed by atoms with Gasteiger partial charge in [-0.1, -0.05) is 12.1 Å². The number of phenols is 1. The fraction of sp³-hybridized carbons (Fsp3) is 0.345. The van der Waals surface area contributed by atoms with Crippen molar-refractivity contribution in [2.24, 2.45) is 0 Å². The van der Waals surface area contributed by atoms with Gasteiger partial charge in [-0.25, -0.2) is 0 Å². The van der Waals surface area contributed by atoms with Crippen molar-refractivity contribution in [2.75, 3.05) is 6.61 Å². The third-order valence-electron chi connectivity index (χ3n) is 6.07. The molecule has 3 aromatic rings. The van der Waals surface area contributed by atoms with Crippen molar-refractivity contribution in [3.63, 3.8) is 0 Å². The third-order valence-corrected chi connectivity index (χ3v) is 6.07. The monoisotopic (exact) mass is 584 g/mol. The lowest BCUT2D eigenvalue weighted by atomic mass is 9.98. The van der Waals surface area contributed by atoms with Crippen molar-refractivity contribution < 1.29 is 57.1 Å². The molecule has 2 aromatic carbocycles. The Balaban J connectivity index is 1.69. The van der Waals surface area contributed by atoms with E-state index < -0.39 is 66.9 Å².